The van der Waals surface area contributed by atoms with Gasteiger partial charge in [0.25, 0.3) is 0 Å². The van der Waals surface area contributed by atoms with Crippen LogP contribution in [-0.2, 0) is 5.41 Å². The molecule has 21 heavy (non-hydrogen) atoms. The van der Waals surface area contributed by atoms with Crippen LogP contribution >= 0.6 is 0 Å². The molecule has 1 aliphatic carbocycles. The van der Waals surface area contributed by atoms with Gasteiger partial charge in [-0.1, -0.05) is 44.5 Å². The summed E-state index contributed by atoms with van der Waals surface area (Å²) in [5, 5.41) is 3.69. The van der Waals surface area contributed by atoms with Crippen LogP contribution in [0.2, 0.25) is 0 Å². The van der Waals surface area contributed by atoms with Gasteiger partial charge in [-0.15, -0.1) is 0 Å². The molecule has 1 saturated heterocycles. The summed E-state index contributed by atoms with van der Waals surface area (Å²) >= 11 is 0. The van der Waals surface area contributed by atoms with Crippen LogP contribution in [0.4, 0.5) is 0 Å². The topological polar surface area (TPSA) is 15.3 Å². The van der Waals surface area contributed by atoms with Crippen LogP contribution in [0, 0.1) is 0 Å². The predicted molar refractivity (Wildman–Crippen MR) is 89.7 cm³/mol. The molecule has 0 radical (unpaired) electrons. The molecule has 1 heterocycles. The lowest BCUT2D eigenvalue weighted by Crippen LogP contribution is -2.44. The summed E-state index contributed by atoms with van der Waals surface area (Å²) in [6.45, 7) is 7.17. The van der Waals surface area contributed by atoms with Gasteiger partial charge in [0.15, 0.2) is 0 Å². The Morgan fingerprint density at radius 1 is 1.19 bits per heavy atom. The molecule has 116 valence electrons. The monoisotopic (exact) mass is 286 g/mol. The van der Waals surface area contributed by atoms with Crippen LogP contribution in [0.5, 0.6) is 0 Å². The second-order valence-corrected chi connectivity index (χ2v) is 7.61. The van der Waals surface area contributed by atoms with Crippen molar-refractivity contribution in [3.63, 3.8) is 0 Å². The molecule has 3 rings (SSSR count). The summed E-state index contributed by atoms with van der Waals surface area (Å²) in [5.41, 5.74) is 3.45. The number of hydrogen-bond acceptors (Lipinski definition) is 2. The Balaban J connectivity index is 1.76. The zero-order valence-corrected chi connectivity index (χ0v) is 13.9. The lowest BCUT2D eigenvalue weighted by Gasteiger charge is -2.42. The van der Waals surface area contributed by atoms with Crippen LogP contribution in [0.15, 0.2) is 24.3 Å². The van der Waals surface area contributed by atoms with Gasteiger partial charge in [0.2, 0.25) is 0 Å². The van der Waals surface area contributed by atoms with E-state index in [9.17, 15) is 0 Å². The van der Waals surface area contributed by atoms with E-state index in [0.29, 0.717) is 17.5 Å². The Morgan fingerprint density at radius 2 is 2.00 bits per heavy atom. The average molecular weight is 286 g/mol. The van der Waals surface area contributed by atoms with Crippen molar-refractivity contribution in [3.8, 4) is 0 Å². The molecule has 2 atom stereocenters. The van der Waals surface area contributed by atoms with Gasteiger partial charge in [-0.05, 0) is 55.8 Å². The van der Waals surface area contributed by atoms with E-state index in [1.807, 2.05) is 0 Å². The molecule has 2 nitrogen and oxygen atoms in total. The Labute approximate surface area is 129 Å². The number of hydrogen-bond donors (Lipinski definition) is 1. The van der Waals surface area contributed by atoms with Crippen molar-refractivity contribution in [2.75, 3.05) is 20.1 Å². The van der Waals surface area contributed by atoms with Crippen molar-refractivity contribution in [2.24, 2.45) is 0 Å². The predicted octanol–water partition coefficient (Wildman–Crippen LogP) is 3.87. The van der Waals surface area contributed by atoms with Crippen LogP contribution in [-0.4, -0.2) is 31.1 Å². The molecule has 1 aromatic rings. The number of piperidine rings is 1. The third kappa shape index (κ3) is 3.17. The van der Waals surface area contributed by atoms with Gasteiger partial charge >= 0.3 is 0 Å². The number of nitrogens with zero attached hydrogens (tertiary/aromatic N) is 1. The summed E-state index contributed by atoms with van der Waals surface area (Å²) in [5.74, 6) is 0. The molecular formula is C19H30N2. The molecule has 2 heteroatoms. The van der Waals surface area contributed by atoms with Gasteiger partial charge < -0.3 is 5.32 Å². The van der Waals surface area contributed by atoms with E-state index in [1.165, 1.54) is 45.2 Å². The first kappa shape index (κ1) is 15.1. The maximum atomic E-state index is 3.69. The SMILES string of the molecule is CN(CC1CCCCN1)C1CCC(C)(C)c2ccccc21. The quantitative estimate of drug-likeness (QED) is 0.907. The summed E-state index contributed by atoms with van der Waals surface area (Å²) < 4.78 is 0. The normalized spacial score (nSPS) is 28.4. The van der Waals surface area contributed by atoms with Crippen LogP contribution < -0.4 is 5.32 Å². The molecule has 1 N–H and O–H groups in total. The molecule has 1 aliphatic heterocycles. The second-order valence-electron chi connectivity index (χ2n) is 7.61. The van der Waals surface area contributed by atoms with Gasteiger partial charge in [0.1, 0.15) is 0 Å². The standard InChI is InChI=1S/C19H30N2/c1-19(2)12-11-18(16-9-4-5-10-17(16)19)21(3)14-15-8-6-7-13-20-15/h4-5,9-10,15,18,20H,6-8,11-14H2,1-3H3. The zero-order chi connectivity index (χ0) is 14.9. The minimum Gasteiger partial charge on any atom is -0.313 e. The van der Waals surface area contributed by atoms with Gasteiger partial charge in [-0.2, -0.15) is 0 Å². The maximum absolute atomic E-state index is 3.69. The Hall–Kier alpha value is -0.860. The van der Waals surface area contributed by atoms with Crippen molar-refractivity contribution in [3.05, 3.63) is 35.4 Å². The van der Waals surface area contributed by atoms with Crippen LogP contribution in [0.3, 0.4) is 0 Å². The molecule has 0 aromatic heterocycles. The second kappa shape index (κ2) is 6.10. The Morgan fingerprint density at radius 3 is 2.76 bits per heavy atom. The molecule has 0 amide bonds. The lowest BCUT2D eigenvalue weighted by molar-refractivity contribution is 0.173. The van der Waals surface area contributed by atoms with Crippen molar-refractivity contribution in [2.45, 2.75) is 63.5 Å². The van der Waals surface area contributed by atoms with Crippen molar-refractivity contribution < 1.29 is 0 Å². The average Bonchev–Trinajstić information content (AvgIpc) is 2.48. The molecule has 2 aliphatic rings. The summed E-state index contributed by atoms with van der Waals surface area (Å²) in [7, 11) is 2.32. The first-order chi connectivity index (χ1) is 10.1. The first-order valence-corrected chi connectivity index (χ1v) is 8.61. The number of fused-ring (bicyclic) bond motifs is 1. The molecule has 1 aromatic carbocycles. The van der Waals surface area contributed by atoms with Crippen molar-refractivity contribution in [1.82, 2.24) is 10.2 Å². The van der Waals surface area contributed by atoms with E-state index < -0.39 is 0 Å². The van der Waals surface area contributed by atoms with Gasteiger partial charge in [0, 0.05) is 18.6 Å². The van der Waals surface area contributed by atoms with E-state index in [0.717, 1.165) is 0 Å². The summed E-state index contributed by atoms with van der Waals surface area (Å²) in [6, 6.07) is 10.4. The maximum Gasteiger partial charge on any atom is 0.0348 e. The fraction of sp³-hybridized carbons (Fsp3) is 0.684. The molecule has 2 unspecified atom stereocenters. The highest BCUT2D eigenvalue weighted by molar-refractivity contribution is 5.38. The van der Waals surface area contributed by atoms with Gasteiger partial charge in [-0.25, -0.2) is 0 Å². The Bertz CT molecular complexity index is 474. The van der Waals surface area contributed by atoms with E-state index in [2.05, 4.69) is 55.4 Å². The Kier molecular flexibility index (Phi) is 4.37. The molecule has 0 spiro atoms. The van der Waals surface area contributed by atoms with E-state index in [-0.39, 0.29) is 0 Å². The highest BCUT2D eigenvalue weighted by Gasteiger charge is 2.34. The van der Waals surface area contributed by atoms with Crippen molar-refractivity contribution >= 4 is 0 Å². The van der Waals surface area contributed by atoms with E-state index >= 15 is 0 Å². The summed E-state index contributed by atoms with van der Waals surface area (Å²) in [6.07, 6.45) is 6.65. The number of nitrogens with one attached hydrogen (secondary N) is 1. The van der Waals surface area contributed by atoms with Gasteiger partial charge in [-0.3, -0.25) is 4.90 Å². The lowest BCUT2D eigenvalue weighted by atomic mass is 9.70. The highest BCUT2D eigenvalue weighted by atomic mass is 15.2. The minimum absolute atomic E-state index is 0.330. The van der Waals surface area contributed by atoms with E-state index in [1.54, 1.807) is 11.1 Å². The third-order valence-corrected chi connectivity index (χ3v) is 5.54. The highest BCUT2D eigenvalue weighted by Crippen LogP contribution is 2.43. The third-order valence-electron chi connectivity index (χ3n) is 5.54. The fourth-order valence-corrected chi connectivity index (χ4v) is 4.20. The largest absolute Gasteiger partial charge is 0.313 e. The summed E-state index contributed by atoms with van der Waals surface area (Å²) in [4.78, 5) is 2.59. The van der Waals surface area contributed by atoms with Crippen LogP contribution in [0.25, 0.3) is 0 Å². The number of benzene rings is 1. The van der Waals surface area contributed by atoms with Gasteiger partial charge in [0.05, 0.1) is 0 Å². The smallest absolute Gasteiger partial charge is 0.0348 e. The number of rotatable bonds is 3. The van der Waals surface area contributed by atoms with Crippen molar-refractivity contribution in [1.29, 1.82) is 0 Å². The molecule has 1 fully saturated rings. The number of likely N-dealkylation sites (N-methyl/N-ethyl adjacent to an activating group) is 1. The van der Waals surface area contributed by atoms with Crippen LogP contribution in [0.1, 0.15) is 63.1 Å². The zero-order valence-electron chi connectivity index (χ0n) is 13.9. The molecular weight excluding hydrogens is 256 g/mol. The fourth-order valence-electron chi connectivity index (χ4n) is 4.20. The molecule has 0 saturated carbocycles. The minimum atomic E-state index is 0.330. The molecule has 0 bridgehead atoms. The van der Waals surface area contributed by atoms with E-state index in [4.69, 9.17) is 0 Å². The first-order valence-electron chi connectivity index (χ1n) is 8.61.